The number of carboxylic acids is 1. The van der Waals surface area contributed by atoms with Gasteiger partial charge in [0.2, 0.25) is 11.8 Å². The largest absolute Gasteiger partial charge is 0.476 e. The van der Waals surface area contributed by atoms with Gasteiger partial charge in [0.25, 0.3) is 5.56 Å². The number of rotatable bonds is 6. The SMILES string of the molecule is Cc1cccc(NC(=O)CNC(=O)Cn2nc(C(=O)O)c3ccccc3c2=O)c1C. The summed E-state index contributed by atoms with van der Waals surface area (Å²) in [5, 5.41) is 18.6. The molecule has 0 radical (unpaired) electrons. The molecule has 9 nitrogen and oxygen atoms in total. The van der Waals surface area contributed by atoms with Gasteiger partial charge in [0.05, 0.1) is 11.9 Å². The number of benzene rings is 2. The zero-order valence-electron chi connectivity index (χ0n) is 16.4. The van der Waals surface area contributed by atoms with Crippen molar-refractivity contribution in [2.75, 3.05) is 11.9 Å². The molecule has 0 saturated carbocycles. The predicted octanol–water partition coefficient (Wildman–Crippen LogP) is 1.47. The van der Waals surface area contributed by atoms with Gasteiger partial charge in [0.15, 0.2) is 5.69 Å². The fourth-order valence-corrected chi connectivity index (χ4v) is 2.95. The number of amides is 2. The lowest BCUT2D eigenvalue weighted by Crippen LogP contribution is -2.38. The van der Waals surface area contributed by atoms with Gasteiger partial charge >= 0.3 is 5.97 Å². The van der Waals surface area contributed by atoms with Crippen molar-refractivity contribution in [2.45, 2.75) is 20.4 Å². The Balaban J connectivity index is 1.70. The highest BCUT2D eigenvalue weighted by Crippen LogP contribution is 2.17. The number of nitrogens with zero attached hydrogens (tertiary/aromatic N) is 2. The normalized spacial score (nSPS) is 10.6. The summed E-state index contributed by atoms with van der Waals surface area (Å²) in [6, 6.07) is 11.6. The van der Waals surface area contributed by atoms with E-state index in [0.717, 1.165) is 15.8 Å². The predicted molar refractivity (Wildman–Crippen MR) is 111 cm³/mol. The van der Waals surface area contributed by atoms with E-state index in [-0.39, 0.29) is 23.0 Å². The van der Waals surface area contributed by atoms with Crippen molar-refractivity contribution in [3.63, 3.8) is 0 Å². The van der Waals surface area contributed by atoms with E-state index in [2.05, 4.69) is 15.7 Å². The maximum atomic E-state index is 12.5. The molecule has 0 aliphatic carbocycles. The van der Waals surface area contributed by atoms with Gasteiger partial charge in [-0.15, -0.1) is 0 Å². The zero-order valence-corrected chi connectivity index (χ0v) is 16.4. The Labute approximate surface area is 171 Å². The summed E-state index contributed by atoms with van der Waals surface area (Å²) >= 11 is 0. The van der Waals surface area contributed by atoms with Crippen molar-refractivity contribution in [1.82, 2.24) is 15.1 Å². The monoisotopic (exact) mass is 408 g/mol. The van der Waals surface area contributed by atoms with Gasteiger partial charge in [-0.25, -0.2) is 9.48 Å². The first-order valence-electron chi connectivity index (χ1n) is 9.14. The molecule has 1 aromatic heterocycles. The Hall–Kier alpha value is -4.01. The Morgan fingerprint density at radius 3 is 2.40 bits per heavy atom. The molecule has 0 bridgehead atoms. The Morgan fingerprint density at radius 1 is 1.00 bits per heavy atom. The first-order valence-corrected chi connectivity index (χ1v) is 9.14. The minimum atomic E-state index is -1.31. The minimum Gasteiger partial charge on any atom is -0.476 e. The van der Waals surface area contributed by atoms with E-state index in [1.807, 2.05) is 26.0 Å². The molecule has 9 heteroatoms. The van der Waals surface area contributed by atoms with Crippen molar-refractivity contribution >= 4 is 34.2 Å². The van der Waals surface area contributed by atoms with Crippen LogP contribution in [0, 0.1) is 13.8 Å². The van der Waals surface area contributed by atoms with Crippen LogP contribution in [-0.2, 0) is 16.1 Å². The number of nitrogens with one attached hydrogen (secondary N) is 2. The molecule has 0 saturated heterocycles. The average molecular weight is 408 g/mol. The lowest BCUT2D eigenvalue weighted by atomic mass is 10.1. The van der Waals surface area contributed by atoms with Crippen molar-refractivity contribution in [3.05, 3.63) is 69.6 Å². The highest BCUT2D eigenvalue weighted by atomic mass is 16.4. The fourth-order valence-electron chi connectivity index (χ4n) is 2.95. The van der Waals surface area contributed by atoms with E-state index >= 15 is 0 Å². The van der Waals surface area contributed by atoms with E-state index in [9.17, 15) is 24.3 Å². The molecule has 0 aliphatic rings. The molecule has 1 heterocycles. The number of aromatic nitrogens is 2. The van der Waals surface area contributed by atoms with Gasteiger partial charge in [-0.1, -0.05) is 30.3 Å². The molecule has 2 amide bonds. The summed E-state index contributed by atoms with van der Waals surface area (Å²) in [4.78, 5) is 48.4. The molecule has 0 atom stereocenters. The smallest absolute Gasteiger partial charge is 0.357 e. The van der Waals surface area contributed by atoms with Crippen LogP contribution in [0.15, 0.2) is 47.3 Å². The first-order chi connectivity index (χ1) is 14.3. The van der Waals surface area contributed by atoms with Gasteiger partial charge in [-0.3, -0.25) is 14.4 Å². The van der Waals surface area contributed by atoms with Crippen LogP contribution in [0.3, 0.4) is 0 Å². The van der Waals surface area contributed by atoms with Crippen LogP contribution in [-0.4, -0.2) is 39.2 Å². The van der Waals surface area contributed by atoms with Crippen LogP contribution in [0.5, 0.6) is 0 Å². The second-order valence-corrected chi connectivity index (χ2v) is 6.73. The summed E-state index contributed by atoms with van der Waals surface area (Å²) in [5.41, 5.74) is 1.67. The van der Waals surface area contributed by atoms with Crippen molar-refractivity contribution in [2.24, 2.45) is 0 Å². The second-order valence-electron chi connectivity index (χ2n) is 6.73. The number of hydrogen-bond acceptors (Lipinski definition) is 5. The Bertz CT molecular complexity index is 1220. The third-order valence-electron chi connectivity index (χ3n) is 4.69. The van der Waals surface area contributed by atoms with Crippen LogP contribution in [0.25, 0.3) is 10.8 Å². The van der Waals surface area contributed by atoms with Gasteiger partial charge in [0, 0.05) is 11.1 Å². The molecule has 154 valence electrons. The molecular formula is C21H20N4O5. The number of carbonyl (C=O) groups is 3. The minimum absolute atomic E-state index is 0.144. The molecule has 30 heavy (non-hydrogen) atoms. The molecule has 0 unspecified atom stereocenters. The molecule has 0 aliphatic heterocycles. The summed E-state index contributed by atoms with van der Waals surface area (Å²) in [7, 11) is 0. The van der Waals surface area contributed by atoms with Gasteiger partial charge in [-0.05, 0) is 37.1 Å². The Morgan fingerprint density at radius 2 is 1.70 bits per heavy atom. The lowest BCUT2D eigenvalue weighted by Gasteiger charge is -2.11. The van der Waals surface area contributed by atoms with E-state index in [4.69, 9.17) is 0 Å². The average Bonchev–Trinajstić information content (AvgIpc) is 2.72. The first kappa shape index (κ1) is 20.7. The molecular weight excluding hydrogens is 388 g/mol. The molecule has 0 fully saturated rings. The molecule has 0 spiro atoms. The summed E-state index contributed by atoms with van der Waals surface area (Å²) in [5.74, 6) is -2.39. The van der Waals surface area contributed by atoms with E-state index in [1.165, 1.54) is 12.1 Å². The van der Waals surface area contributed by atoms with Crippen LogP contribution in [0.4, 0.5) is 5.69 Å². The van der Waals surface area contributed by atoms with E-state index in [0.29, 0.717) is 5.69 Å². The van der Waals surface area contributed by atoms with Crippen LogP contribution >= 0.6 is 0 Å². The third-order valence-corrected chi connectivity index (χ3v) is 4.69. The van der Waals surface area contributed by atoms with Crippen molar-refractivity contribution in [3.8, 4) is 0 Å². The maximum Gasteiger partial charge on any atom is 0.357 e. The van der Waals surface area contributed by atoms with Gasteiger partial charge in [-0.2, -0.15) is 5.10 Å². The topological polar surface area (TPSA) is 130 Å². The highest BCUT2D eigenvalue weighted by molar-refractivity contribution is 6.01. The van der Waals surface area contributed by atoms with Crippen molar-refractivity contribution < 1.29 is 19.5 Å². The number of carboxylic acid groups (broad SMARTS) is 1. The number of hydrogen-bond donors (Lipinski definition) is 3. The molecule has 3 aromatic rings. The molecule has 3 N–H and O–H groups in total. The van der Waals surface area contributed by atoms with E-state index < -0.39 is 29.9 Å². The zero-order chi connectivity index (χ0) is 21.8. The fraction of sp³-hybridized carbons (Fsp3) is 0.190. The number of fused-ring (bicyclic) bond motifs is 1. The molecule has 2 aromatic carbocycles. The van der Waals surface area contributed by atoms with E-state index in [1.54, 1.807) is 18.2 Å². The van der Waals surface area contributed by atoms with Gasteiger partial charge < -0.3 is 15.7 Å². The van der Waals surface area contributed by atoms with Crippen LogP contribution in [0.2, 0.25) is 0 Å². The summed E-state index contributed by atoms with van der Waals surface area (Å²) in [6.45, 7) is 2.98. The number of aryl methyl sites for hydroxylation is 1. The standard InChI is InChI=1S/C21H20N4O5/c1-12-6-5-9-16(13(12)2)23-17(26)10-22-18(27)11-25-20(28)15-8-4-3-7-14(15)19(24-25)21(29)30/h3-9H,10-11H2,1-2H3,(H,22,27)(H,23,26)(H,29,30). The Kier molecular flexibility index (Phi) is 5.91. The van der Waals surface area contributed by atoms with Crippen molar-refractivity contribution in [1.29, 1.82) is 0 Å². The number of aromatic carboxylic acids is 1. The van der Waals surface area contributed by atoms with Gasteiger partial charge in [0.1, 0.15) is 6.54 Å². The highest BCUT2D eigenvalue weighted by Gasteiger charge is 2.17. The van der Waals surface area contributed by atoms with Crippen LogP contribution in [0.1, 0.15) is 21.6 Å². The summed E-state index contributed by atoms with van der Waals surface area (Å²) < 4.78 is 0.781. The molecule has 3 rings (SSSR count). The number of carbonyl (C=O) groups excluding carboxylic acids is 2. The summed E-state index contributed by atoms with van der Waals surface area (Å²) in [6.07, 6.45) is 0. The quantitative estimate of drug-likeness (QED) is 0.566. The number of anilines is 1. The third kappa shape index (κ3) is 4.35. The second kappa shape index (κ2) is 8.56. The maximum absolute atomic E-state index is 12.5. The lowest BCUT2D eigenvalue weighted by molar-refractivity contribution is -0.124. The van der Waals surface area contributed by atoms with Crippen LogP contribution < -0.4 is 16.2 Å².